The van der Waals surface area contributed by atoms with E-state index in [1.807, 2.05) is 37.3 Å². The van der Waals surface area contributed by atoms with Crippen LogP contribution in [0.15, 0.2) is 65.4 Å². The molecule has 3 aromatic rings. The van der Waals surface area contributed by atoms with E-state index in [-0.39, 0.29) is 42.2 Å². The molecule has 0 bridgehead atoms. The summed E-state index contributed by atoms with van der Waals surface area (Å²) in [5.41, 5.74) is -1.64. The van der Waals surface area contributed by atoms with Gasteiger partial charge in [-0.1, -0.05) is 37.3 Å². The number of alkyl halides is 6. The first-order chi connectivity index (χ1) is 17.9. The second kappa shape index (κ2) is 11.6. The number of anilines is 1. The summed E-state index contributed by atoms with van der Waals surface area (Å²) in [6.45, 7) is 1.84. The van der Waals surface area contributed by atoms with Crippen molar-refractivity contribution in [3.05, 3.63) is 87.7 Å². The van der Waals surface area contributed by atoms with Gasteiger partial charge >= 0.3 is 12.4 Å². The molecule has 38 heavy (non-hydrogen) atoms. The Balaban J connectivity index is 1.71. The molecule has 0 radical (unpaired) electrons. The molecule has 0 amide bonds. The molecule has 0 saturated carbocycles. The van der Waals surface area contributed by atoms with Crippen molar-refractivity contribution in [1.29, 1.82) is 0 Å². The summed E-state index contributed by atoms with van der Waals surface area (Å²) in [7, 11) is 0. The van der Waals surface area contributed by atoms with Crippen LogP contribution in [0.25, 0.3) is 0 Å². The molecule has 4 nitrogen and oxygen atoms in total. The topological polar surface area (TPSA) is 41.1 Å². The van der Waals surface area contributed by atoms with Crippen molar-refractivity contribution in [1.82, 2.24) is 15.3 Å². The van der Waals surface area contributed by atoms with Crippen molar-refractivity contribution in [2.75, 3.05) is 4.90 Å². The van der Waals surface area contributed by atoms with Crippen molar-refractivity contribution in [2.45, 2.75) is 69.6 Å². The van der Waals surface area contributed by atoms with Crippen LogP contribution in [-0.4, -0.2) is 28.1 Å². The van der Waals surface area contributed by atoms with E-state index in [1.165, 1.54) is 12.4 Å². The summed E-state index contributed by atoms with van der Waals surface area (Å²) in [6, 6.07) is 11.6. The van der Waals surface area contributed by atoms with E-state index in [0.717, 1.165) is 30.5 Å². The number of nitrogens with one attached hydrogen (secondary N) is 1. The number of benzene rings is 2. The number of hydrogen-bond donors (Lipinski definition) is 1. The van der Waals surface area contributed by atoms with E-state index < -0.39 is 23.5 Å². The van der Waals surface area contributed by atoms with Crippen LogP contribution in [0.2, 0.25) is 0 Å². The van der Waals surface area contributed by atoms with Crippen LogP contribution in [0.1, 0.15) is 48.4 Å². The standard InChI is InChI=1S/C27H27BrF6N4/c1-2-22-12-24(13-23(37-22)10-17-6-4-3-5-7-17)38(25-35-14-21(28)15-36-25)16-18-8-19(26(29,30)31)11-20(9-18)27(32,33)34/h3-9,11,14-15,22-24,37H,2,10,12-13,16H2,1H3/t22-,23?,24+/m1/s1. The van der Waals surface area contributed by atoms with Gasteiger partial charge in [0.2, 0.25) is 5.95 Å². The molecule has 1 aromatic heterocycles. The van der Waals surface area contributed by atoms with Gasteiger partial charge in [0.1, 0.15) is 0 Å². The lowest BCUT2D eigenvalue weighted by Crippen LogP contribution is -2.53. The highest BCUT2D eigenvalue weighted by atomic mass is 79.9. The zero-order valence-corrected chi connectivity index (χ0v) is 22.1. The first kappa shape index (κ1) is 28.4. The van der Waals surface area contributed by atoms with Crippen molar-refractivity contribution in [3.8, 4) is 0 Å². The van der Waals surface area contributed by atoms with Gasteiger partial charge in [-0.2, -0.15) is 26.3 Å². The molecule has 2 aromatic carbocycles. The maximum Gasteiger partial charge on any atom is 0.416 e. The number of nitrogens with zero attached hydrogens (tertiary/aromatic N) is 3. The molecule has 4 rings (SSSR count). The third kappa shape index (κ3) is 7.25. The van der Waals surface area contributed by atoms with Crippen LogP contribution in [0, 0.1) is 0 Å². The highest BCUT2D eigenvalue weighted by Gasteiger charge is 2.38. The molecular formula is C27H27BrF6N4. The largest absolute Gasteiger partial charge is 0.416 e. The third-order valence-electron chi connectivity index (χ3n) is 6.71. The number of hydrogen-bond acceptors (Lipinski definition) is 4. The molecule has 3 atom stereocenters. The molecule has 204 valence electrons. The predicted molar refractivity (Wildman–Crippen MR) is 137 cm³/mol. The smallest absolute Gasteiger partial charge is 0.333 e. The number of aromatic nitrogens is 2. The van der Waals surface area contributed by atoms with Gasteiger partial charge in [0.05, 0.1) is 15.6 Å². The van der Waals surface area contributed by atoms with Gasteiger partial charge in [-0.3, -0.25) is 0 Å². The molecule has 1 fully saturated rings. The Hall–Kier alpha value is -2.66. The number of piperidine rings is 1. The minimum Gasteiger partial charge on any atom is -0.333 e. The summed E-state index contributed by atoms with van der Waals surface area (Å²) in [6.07, 6.45) is -3.98. The Morgan fingerprint density at radius 3 is 2.00 bits per heavy atom. The fourth-order valence-electron chi connectivity index (χ4n) is 4.93. The van der Waals surface area contributed by atoms with E-state index >= 15 is 0 Å². The summed E-state index contributed by atoms with van der Waals surface area (Å²) < 4.78 is 81.8. The molecule has 2 heterocycles. The average molecular weight is 601 g/mol. The fourth-order valence-corrected chi connectivity index (χ4v) is 5.13. The van der Waals surface area contributed by atoms with Crippen LogP contribution in [-0.2, 0) is 25.3 Å². The van der Waals surface area contributed by atoms with Crippen LogP contribution in [0.3, 0.4) is 0 Å². The first-order valence-electron chi connectivity index (χ1n) is 12.2. The van der Waals surface area contributed by atoms with Gasteiger partial charge in [-0.25, -0.2) is 9.97 Å². The number of rotatable bonds is 7. The van der Waals surface area contributed by atoms with Gasteiger partial charge in [0.15, 0.2) is 0 Å². The van der Waals surface area contributed by atoms with E-state index in [9.17, 15) is 26.3 Å². The Labute approximate surface area is 225 Å². The normalized spacial score (nSPS) is 20.4. The first-order valence-corrected chi connectivity index (χ1v) is 13.0. The predicted octanol–water partition coefficient (Wildman–Crippen LogP) is 7.43. The minimum absolute atomic E-state index is 0.0614. The summed E-state index contributed by atoms with van der Waals surface area (Å²) in [5.74, 6) is 0.249. The lowest BCUT2D eigenvalue weighted by Gasteiger charge is -2.42. The molecule has 1 aliphatic heterocycles. The van der Waals surface area contributed by atoms with Gasteiger partial charge < -0.3 is 10.2 Å². The van der Waals surface area contributed by atoms with Gasteiger partial charge in [0.25, 0.3) is 0 Å². The molecule has 1 unspecified atom stereocenters. The molecule has 1 N–H and O–H groups in total. The van der Waals surface area contributed by atoms with Crippen LogP contribution in [0.5, 0.6) is 0 Å². The Bertz CT molecular complexity index is 1170. The third-order valence-corrected chi connectivity index (χ3v) is 7.12. The van der Waals surface area contributed by atoms with Gasteiger partial charge in [0, 0.05) is 37.1 Å². The van der Waals surface area contributed by atoms with Crippen molar-refractivity contribution >= 4 is 21.9 Å². The summed E-state index contributed by atoms with van der Waals surface area (Å²) >= 11 is 3.28. The monoisotopic (exact) mass is 600 g/mol. The van der Waals surface area contributed by atoms with Gasteiger partial charge in [-0.15, -0.1) is 0 Å². The fraction of sp³-hybridized carbons (Fsp3) is 0.407. The Morgan fingerprint density at radius 2 is 1.45 bits per heavy atom. The maximum atomic E-state index is 13.5. The van der Waals surface area contributed by atoms with E-state index in [0.29, 0.717) is 17.3 Å². The second-order valence-corrected chi connectivity index (χ2v) is 10.4. The quantitative estimate of drug-likeness (QED) is 0.286. The molecule has 0 spiro atoms. The zero-order chi connectivity index (χ0) is 27.5. The van der Waals surface area contributed by atoms with Crippen molar-refractivity contribution in [2.24, 2.45) is 0 Å². The zero-order valence-electron chi connectivity index (χ0n) is 20.5. The van der Waals surface area contributed by atoms with Crippen LogP contribution < -0.4 is 10.2 Å². The Kier molecular flexibility index (Phi) is 8.66. The van der Waals surface area contributed by atoms with Crippen LogP contribution >= 0.6 is 15.9 Å². The van der Waals surface area contributed by atoms with Crippen molar-refractivity contribution < 1.29 is 26.3 Å². The summed E-state index contributed by atoms with van der Waals surface area (Å²) in [4.78, 5) is 10.5. The maximum absolute atomic E-state index is 13.5. The summed E-state index contributed by atoms with van der Waals surface area (Å²) in [5, 5.41) is 3.65. The lowest BCUT2D eigenvalue weighted by molar-refractivity contribution is -0.143. The Morgan fingerprint density at radius 1 is 0.868 bits per heavy atom. The molecular weight excluding hydrogens is 574 g/mol. The average Bonchev–Trinajstić information content (AvgIpc) is 2.87. The SMILES string of the molecule is CC[C@@H]1C[C@H](N(Cc2cc(C(F)(F)F)cc(C(F)(F)F)c2)c2ncc(Br)cn2)CC(Cc2ccccc2)N1. The van der Waals surface area contributed by atoms with E-state index in [4.69, 9.17) is 0 Å². The highest BCUT2D eigenvalue weighted by Crippen LogP contribution is 2.37. The molecule has 1 saturated heterocycles. The lowest BCUT2D eigenvalue weighted by atomic mass is 9.88. The van der Waals surface area contributed by atoms with Crippen LogP contribution in [0.4, 0.5) is 32.3 Å². The molecule has 0 aliphatic carbocycles. The minimum atomic E-state index is -4.92. The van der Waals surface area contributed by atoms with Gasteiger partial charge in [-0.05, 0) is 70.9 Å². The molecule has 11 heteroatoms. The number of halogens is 7. The van der Waals surface area contributed by atoms with Crippen molar-refractivity contribution in [3.63, 3.8) is 0 Å². The molecule has 1 aliphatic rings. The highest BCUT2D eigenvalue weighted by molar-refractivity contribution is 9.10. The van der Waals surface area contributed by atoms with E-state index in [1.54, 1.807) is 4.90 Å². The van der Waals surface area contributed by atoms with E-state index in [2.05, 4.69) is 31.2 Å². The second-order valence-electron chi connectivity index (χ2n) is 9.53.